The molecule has 148 valence electrons. The molecule has 2 aromatic carbocycles. The predicted molar refractivity (Wildman–Crippen MR) is 113 cm³/mol. The van der Waals surface area contributed by atoms with E-state index in [9.17, 15) is 9.59 Å². The molecule has 0 radical (unpaired) electrons. The van der Waals surface area contributed by atoms with Gasteiger partial charge in [0.15, 0.2) is 6.61 Å². The number of hydrogen-bond acceptors (Lipinski definition) is 4. The number of esters is 1. The van der Waals surface area contributed by atoms with Crippen LogP contribution >= 0.6 is 0 Å². The number of para-hydroxylation sites is 1. The molecule has 0 N–H and O–H groups in total. The molecule has 0 spiro atoms. The zero-order valence-corrected chi connectivity index (χ0v) is 16.6. The Kier molecular flexibility index (Phi) is 5.56. The van der Waals surface area contributed by atoms with Gasteiger partial charge in [-0.3, -0.25) is 4.79 Å². The first-order chi connectivity index (χ1) is 14.1. The Morgan fingerprint density at radius 3 is 2.41 bits per heavy atom. The van der Waals surface area contributed by atoms with Gasteiger partial charge in [0.2, 0.25) is 0 Å². The lowest BCUT2D eigenvalue weighted by molar-refractivity contribution is -0.135. The molecule has 1 aromatic heterocycles. The molecule has 2 heterocycles. The molecule has 3 aromatic rings. The number of carbonyl (C=O) groups excluding carboxylic acids is 2. The van der Waals surface area contributed by atoms with Crippen molar-refractivity contribution in [3.05, 3.63) is 65.7 Å². The number of carbonyl (C=O) groups is 2. The monoisotopic (exact) mass is 388 g/mol. The molecule has 5 heteroatoms. The second-order valence-electron chi connectivity index (χ2n) is 7.36. The van der Waals surface area contributed by atoms with Crippen molar-refractivity contribution in [3.8, 4) is 11.3 Å². The maximum Gasteiger partial charge on any atom is 0.339 e. The lowest BCUT2D eigenvalue weighted by Gasteiger charge is -2.26. The minimum absolute atomic E-state index is 0.127. The Balaban J connectivity index is 1.65. The highest BCUT2D eigenvalue weighted by atomic mass is 16.5. The van der Waals surface area contributed by atoms with Crippen molar-refractivity contribution in [3.63, 3.8) is 0 Å². The largest absolute Gasteiger partial charge is 0.452 e. The van der Waals surface area contributed by atoms with Crippen LogP contribution in [0, 0.1) is 6.92 Å². The summed E-state index contributed by atoms with van der Waals surface area (Å²) in [7, 11) is 0. The minimum atomic E-state index is -0.483. The van der Waals surface area contributed by atoms with Crippen molar-refractivity contribution in [1.29, 1.82) is 0 Å². The van der Waals surface area contributed by atoms with Crippen LogP contribution in [0.4, 0.5) is 0 Å². The summed E-state index contributed by atoms with van der Waals surface area (Å²) in [4.78, 5) is 32.0. The van der Waals surface area contributed by atoms with Gasteiger partial charge >= 0.3 is 5.97 Å². The van der Waals surface area contributed by atoms with Crippen molar-refractivity contribution in [1.82, 2.24) is 9.88 Å². The van der Waals surface area contributed by atoms with Crippen molar-refractivity contribution < 1.29 is 14.3 Å². The molecule has 5 nitrogen and oxygen atoms in total. The van der Waals surface area contributed by atoms with Gasteiger partial charge in [-0.2, -0.15) is 0 Å². The molecule has 1 saturated heterocycles. The predicted octanol–water partition coefficient (Wildman–Crippen LogP) is 4.38. The minimum Gasteiger partial charge on any atom is -0.452 e. The molecule has 0 aliphatic carbocycles. The number of pyridine rings is 1. The van der Waals surface area contributed by atoms with E-state index in [0.717, 1.165) is 60.1 Å². The summed E-state index contributed by atoms with van der Waals surface area (Å²) in [5, 5.41) is 0.736. The van der Waals surface area contributed by atoms with Crippen LogP contribution in [0.5, 0.6) is 0 Å². The Morgan fingerprint density at radius 1 is 0.966 bits per heavy atom. The first-order valence-electron chi connectivity index (χ1n) is 10.0. The first-order valence-corrected chi connectivity index (χ1v) is 10.0. The molecule has 0 bridgehead atoms. The zero-order chi connectivity index (χ0) is 20.2. The summed E-state index contributed by atoms with van der Waals surface area (Å²) in [5.74, 6) is -0.610. The third-order valence-electron chi connectivity index (χ3n) is 5.42. The molecule has 1 aliphatic rings. The fraction of sp³-hybridized carbons (Fsp3) is 0.292. The SMILES string of the molecule is Cc1c(-c2ccccc2)nc2ccccc2c1C(=O)OCC(=O)N1CCCCC1. The number of nitrogens with zero attached hydrogens (tertiary/aromatic N) is 2. The maximum atomic E-state index is 13.0. The summed E-state index contributed by atoms with van der Waals surface area (Å²) < 4.78 is 5.46. The highest BCUT2D eigenvalue weighted by molar-refractivity contribution is 6.06. The highest BCUT2D eigenvalue weighted by Gasteiger charge is 2.22. The van der Waals surface area contributed by atoms with Crippen molar-refractivity contribution >= 4 is 22.8 Å². The van der Waals surface area contributed by atoms with Gasteiger partial charge in [-0.15, -0.1) is 0 Å². The lowest BCUT2D eigenvalue weighted by Crippen LogP contribution is -2.38. The van der Waals surface area contributed by atoms with E-state index in [4.69, 9.17) is 9.72 Å². The van der Waals surface area contributed by atoms with Crippen molar-refractivity contribution in [2.45, 2.75) is 26.2 Å². The standard InChI is InChI=1S/C24H24N2O3/c1-17-22(24(28)29-16-21(27)26-14-8-3-9-15-26)19-12-6-7-13-20(19)25-23(17)18-10-4-2-5-11-18/h2,4-7,10-13H,3,8-9,14-16H2,1H3. The number of hydrogen-bond donors (Lipinski definition) is 0. The molecule has 0 atom stereocenters. The van der Waals surface area contributed by atoms with Gasteiger partial charge in [0.25, 0.3) is 5.91 Å². The molecule has 1 aliphatic heterocycles. The Bertz CT molecular complexity index is 1040. The van der Waals surface area contributed by atoms with Crippen LogP contribution in [0.1, 0.15) is 35.2 Å². The molecule has 1 fully saturated rings. The molecule has 4 rings (SSSR count). The van der Waals surface area contributed by atoms with Gasteiger partial charge in [0, 0.05) is 24.0 Å². The van der Waals surface area contributed by atoms with Gasteiger partial charge in [0.05, 0.1) is 16.8 Å². The number of aromatic nitrogens is 1. The number of likely N-dealkylation sites (tertiary alicyclic amines) is 1. The third-order valence-corrected chi connectivity index (χ3v) is 5.42. The number of fused-ring (bicyclic) bond motifs is 1. The summed E-state index contributed by atoms with van der Waals surface area (Å²) >= 11 is 0. The number of benzene rings is 2. The normalized spacial score (nSPS) is 14.0. The van der Waals surface area contributed by atoms with Crippen LogP contribution in [-0.4, -0.2) is 41.5 Å². The third kappa shape index (κ3) is 3.99. The van der Waals surface area contributed by atoms with Crippen molar-refractivity contribution in [2.24, 2.45) is 0 Å². The van der Waals surface area contributed by atoms with Gasteiger partial charge in [-0.25, -0.2) is 9.78 Å². The van der Waals surface area contributed by atoms with E-state index in [1.165, 1.54) is 0 Å². The Labute approximate surface area is 170 Å². The molecular weight excluding hydrogens is 364 g/mol. The van der Waals surface area contributed by atoms with Crippen LogP contribution in [0.3, 0.4) is 0 Å². The van der Waals surface area contributed by atoms with Crippen LogP contribution < -0.4 is 0 Å². The average Bonchev–Trinajstić information content (AvgIpc) is 2.78. The topological polar surface area (TPSA) is 59.5 Å². The lowest BCUT2D eigenvalue weighted by atomic mass is 9.98. The van der Waals surface area contributed by atoms with E-state index in [-0.39, 0.29) is 12.5 Å². The fourth-order valence-electron chi connectivity index (χ4n) is 3.88. The highest BCUT2D eigenvalue weighted by Crippen LogP contribution is 2.30. The van der Waals surface area contributed by atoms with Crippen LogP contribution in [-0.2, 0) is 9.53 Å². The van der Waals surface area contributed by atoms with Gasteiger partial charge in [-0.1, -0.05) is 48.5 Å². The number of ether oxygens (including phenoxy) is 1. The van der Waals surface area contributed by atoms with E-state index >= 15 is 0 Å². The molecule has 1 amide bonds. The summed E-state index contributed by atoms with van der Waals surface area (Å²) in [6, 6.07) is 17.3. The van der Waals surface area contributed by atoms with E-state index in [0.29, 0.717) is 5.56 Å². The molecule has 0 unspecified atom stereocenters. The van der Waals surface area contributed by atoms with Gasteiger partial charge in [-0.05, 0) is 37.8 Å². The van der Waals surface area contributed by atoms with Crippen molar-refractivity contribution in [2.75, 3.05) is 19.7 Å². The van der Waals surface area contributed by atoms with Crippen LogP contribution in [0.15, 0.2) is 54.6 Å². The second-order valence-corrected chi connectivity index (χ2v) is 7.36. The Hall–Kier alpha value is -3.21. The van der Waals surface area contributed by atoms with Gasteiger partial charge < -0.3 is 9.64 Å². The summed E-state index contributed by atoms with van der Waals surface area (Å²) in [6.45, 7) is 3.14. The van der Waals surface area contributed by atoms with Crippen LogP contribution in [0.2, 0.25) is 0 Å². The smallest absolute Gasteiger partial charge is 0.339 e. The molecule has 29 heavy (non-hydrogen) atoms. The number of rotatable bonds is 4. The fourth-order valence-corrected chi connectivity index (χ4v) is 3.88. The summed E-state index contributed by atoms with van der Waals surface area (Å²) in [5.41, 5.74) is 3.64. The van der Waals surface area contributed by atoms with Crippen LogP contribution in [0.25, 0.3) is 22.2 Å². The van der Waals surface area contributed by atoms with E-state index in [1.54, 1.807) is 4.90 Å². The average molecular weight is 388 g/mol. The number of piperidine rings is 1. The first kappa shape index (κ1) is 19.1. The maximum absolute atomic E-state index is 13.0. The summed E-state index contributed by atoms with van der Waals surface area (Å²) in [6.07, 6.45) is 3.16. The Morgan fingerprint density at radius 2 is 1.66 bits per heavy atom. The quantitative estimate of drug-likeness (QED) is 0.623. The van der Waals surface area contributed by atoms with E-state index in [1.807, 2.05) is 61.5 Å². The zero-order valence-electron chi connectivity index (χ0n) is 16.6. The molecule has 0 saturated carbocycles. The number of amides is 1. The molecular formula is C24H24N2O3. The van der Waals surface area contributed by atoms with Gasteiger partial charge in [0.1, 0.15) is 0 Å². The second kappa shape index (κ2) is 8.43. The van der Waals surface area contributed by atoms with E-state index < -0.39 is 5.97 Å². The van der Waals surface area contributed by atoms with E-state index in [2.05, 4.69) is 0 Å².